The molecule has 2 rings (SSSR count). The molecule has 88 valence electrons. The first-order valence-corrected chi connectivity index (χ1v) is 5.84. The molecule has 1 aromatic heterocycles. The fourth-order valence-corrected chi connectivity index (χ4v) is 2.06. The molecule has 2 N–H and O–H groups in total. The molecule has 1 amide bonds. The lowest BCUT2D eigenvalue weighted by molar-refractivity contribution is -0.115. The van der Waals surface area contributed by atoms with Crippen LogP contribution in [0.1, 0.15) is 4.88 Å². The van der Waals surface area contributed by atoms with E-state index in [0.717, 1.165) is 10.9 Å². The molecule has 0 saturated carbocycles. The Morgan fingerprint density at radius 2 is 2.24 bits per heavy atom. The summed E-state index contributed by atoms with van der Waals surface area (Å²) in [6, 6.07) is 7.47. The third-order valence-corrected chi connectivity index (χ3v) is 3.02. The number of phenolic OH excluding ortho intramolecular Hbond substituents is 1. The lowest BCUT2D eigenvalue weighted by Crippen LogP contribution is -2.13. The number of rotatable bonds is 3. The zero-order chi connectivity index (χ0) is 12.3. The molecule has 5 heteroatoms. The van der Waals surface area contributed by atoms with Gasteiger partial charge in [0.25, 0.3) is 0 Å². The number of halogens is 1. The predicted octanol–water partition coefficient (Wildman–Crippen LogP) is 2.77. The molecule has 0 radical (unpaired) electrons. The maximum Gasteiger partial charge on any atom is 0.229 e. The molecular formula is C12H10FNO2S. The summed E-state index contributed by atoms with van der Waals surface area (Å²) in [6.07, 6.45) is 0.264. The van der Waals surface area contributed by atoms with Gasteiger partial charge in [-0.2, -0.15) is 0 Å². The molecule has 0 aliphatic carbocycles. The summed E-state index contributed by atoms with van der Waals surface area (Å²) in [5.41, 5.74) is 0.335. The van der Waals surface area contributed by atoms with E-state index < -0.39 is 11.6 Å². The van der Waals surface area contributed by atoms with E-state index in [1.54, 1.807) is 0 Å². The van der Waals surface area contributed by atoms with Crippen molar-refractivity contribution in [1.29, 1.82) is 0 Å². The molecule has 1 heterocycles. The number of nitrogens with one attached hydrogen (secondary N) is 1. The van der Waals surface area contributed by atoms with E-state index in [4.69, 9.17) is 5.11 Å². The Hall–Kier alpha value is -1.88. The third-order valence-electron chi connectivity index (χ3n) is 2.15. The summed E-state index contributed by atoms with van der Waals surface area (Å²) < 4.78 is 13.0. The van der Waals surface area contributed by atoms with Crippen molar-refractivity contribution in [2.45, 2.75) is 6.42 Å². The van der Waals surface area contributed by atoms with Crippen LogP contribution in [0.5, 0.6) is 5.75 Å². The number of thiophene rings is 1. The van der Waals surface area contributed by atoms with Crippen LogP contribution in [0, 0.1) is 5.82 Å². The van der Waals surface area contributed by atoms with Crippen LogP contribution in [0.2, 0.25) is 0 Å². The van der Waals surface area contributed by atoms with Gasteiger partial charge in [-0.15, -0.1) is 11.3 Å². The average Bonchev–Trinajstić information content (AvgIpc) is 2.76. The second kappa shape index (κ2) is 4.97. The highest BCUT2D eigenvalue weighted by Gasteiger charge is 2.07. The van der Waals surface area contributed by atoms with E-state index in [0.29, 0.717) is 5.69 Å². The van der Waals surface area contributed by atoms with Crippen molar-refractivity contribution >= 4 is 22.9 Å². The molecule has 2 aromatic rings. The molecule has 0 atom stereocenters. The first kappa shape index (κ1) is 11.6. The molecule has 1 aromatic carbocycles. The summed E-state index contributed by atoms with van der Waals surface area (Å²) in [6.45, 7) is 0. The summed E-state index contributed by atoms with van der Waals surface area (Å²) in [5.74, 6) is -1.39. The van der Waals surface area contributed by atoms with E-state index in [9.17, 15) is 9.18 Å². The second-order valence-electron chi connectivity index (χ2n) is 3.47. The van der Waals surface area contributed by atoms with Gasteiger partial charge in [0, 0.05) is 16.6 Å². The first-order valence-electron chi connectivity index (χ1n) is 4.96. The van der Waals surface area contributed by atoms with Crippen LogP contribution in [0.15, 0.2) is 35.7 Å². The normalized spacial score (nSPS) is 10.2. The third kappa shape index (κ3) is 3.04. The summed E-state index contributed by atoms with van der Waals surface area (Å²) >= 11 is 1.49. The number of benzene rings is 1. The van der Waals surface area contributed by atoms with Crippen molar-refractivity contribution in [3.05, 3.63) is 46.4 Å². The Morgan fingerprint density at radius 1 is 1.41 bits per heavy atom. The lowest BCUT2D eigenvalue weighted by Gasteiger charge is -2.04. The minimum Gasteiger partial charge on any atom is -0.505 e. The van der Waals surface area contributed by atoms with Crippen LogP contribution in [0.25, 0.3) is 0 Å². The van der Waals surface area contributed by atoms with E-state index >= 15 is 0 Å². The maximum absolute atomic E-state index is 13.0. The number of aromatic hydroxyl groups is 1. The number of hydrogen-bond acceptors (Lipinski definition) is 3. The molecule has 0 aliphatic heterocycles. The standard InChI is InChI=1S/C12H10FNO2S/c13-10-6-8(3-4-11(10)15)14-12(16)7-9-2-1-5-17-9/h1-6,15H,7H2,(H,14,16). The van der Waals surface area contributed by atoms with Crippen molar-refractivity contribution in [1.82, 2.24) is 0 Å². The Kier molecular flexibility index (Phi) is 3.39. The van der Waals surface area contributed by atoms with Gasteiger partial charge >= 0.3 is 0 Å². The van der Waals surface area contributed by atoms with Crippen LogP contribution in [-0.4, -0.2) is 11.0 Å². The molecule has 17 heavy (non-hydrogen) atoms. The summed E-state index contributed by atoms with van der Waals surface area (Å²) in [5, 5.41) is 13.5. The molecular weight excluding hydrogens is 241 g/mol. The van der Waals surface area contributed by atoms with Crippen molar-refractivity contribution in [2.24, 2.45) is 0 Å². The Morgan fingerprint density at radius 3 is 2.88 bits per heavy atom. The Bertz CT molecular complexity index is 525. The molecule has 3 nitrogen and oxygen atoms in total. The van der Waals surface area contributed by atoms with Crippen LogP contribution in [-0.2, 0) is 11.2 Å². The molecule has 0 fully saturated rings. The molecule has 0 bridgehead atoms. The van der Waals surface area contributed by atoms with E-state index in [-0.39, 0.29) is 12.3 Å². The molecule has 0 unspecified atom stereocenters. The minimum atomic E-state index is -0.751. The van der Waals surface area contributed by atoms with Crippen LogP contribution >= 0.6 is 11.3 Å². The fraction of sp³-hybridized carbons (Fsp3) is 0.0833. The van der Waals surface area contributed by atoms with Crippen molar-refractivity contribution < 1.29 is 14.3 Å². The van der Waals surface area contributed by atoms with Gasteiger partial charge < -0.3 is 10.4 Å². The van der Waals surface area contributed by atoms with Crippen molar-refractivity contribution in [3.8, 4) is 5.75 Å². The molecule has 0 spiro atoms. The smallest absolute Gasteiger partial charge is 0.229 e. The number of carbonyl (C=O) groups is 1. The molecule has 0 saturated heterocycles. The Labute approximate surface area is 102 Å². The van der Waals surface area contributed by atoms with Gasteiger partial charge in [-0.05, 0) is 23.6 Å². The van der Waals surface area contributed by atoms with Gasteiger partial charge in [0.05, 0.1) is 6.42 Å². The fourth-order valence-electron chi connectivity index (χ4n) is 1.36. The van der Waals surface area contributed by atoms with Gasteiger partial charge in [0.1, 0.15) is 0 Å². The van der Waals surface area contributed by atoms with Gasteiger partial charge in [-0.3, -0.25) is 4.79 Å². The number of anilines is 1. The van der Waals surface area contributed by atoms with E-state index in [1.807, 2.05) is 17.5 Å². The van der Waals surface area contributed by atoms with Crippen LogP contribution in [0.4, 0.5) is 10.1 Å². The van der Waals surface area contributed by atoms with Gasteiger partial charge in [-0.25, -0.2) is 4.39 Å². The average molecular weight is 251 g/mol. The van der Waals surface area contributed by atoms with Gasteiger partial charge in [0.15, 0.2) is 11.6 Å². The highest BCUT2D eigenvalue weighted by atomic mass is 32.1. The summed E-state index contributed by atoms with van der Waals surface area (Å²) in [4.78, 5) is 12.5. The van der Waals surface area contributed by atoms with Crippen LogP contribution < -0.4 is 5.32 Å². The highest BCUT2D eigenvalue weighted by Crippen LogP contribution is 2.19. The van der Waals surface area contributed by atoms with Crippen molar-refractivity contribution in [2.75, 3.05) is 5.32 Å². The number of phenols is 1. The largest absolute Gasteiger partial charge is 0.505 e. The Balaban J connectivity index is 2.00. The second-order valence-corrected chi connectivity index (χ2v) is 4.50. The maximum atomic E-state index is 13.0. The zero-order valence-electron chi connectivity index (χ0n) is 8.81. The van der Waals surface area contributed by atoms with E-state index in [1.165, 1.54) is 23.5 Å². The first-order chi connectivity index (χ1) is 8.15. The lowest BCUT2D eigenvalue weighted by atomic mass is 10.2. The van der Waals surface area contributed by atoms with Crippen LogP contribution in [0.3, 0.4) is 0 Å². The number of hydrogen-bond donors (Lipinski definition) is 2. The zero-order valence-corrected chi connectivity index (χ0v) is 9.63. The van der Waals surface area contributed by atoms with E-state index in [2.05, 4.69) is 5.32 Å². The number of carbonyl (C=O) groups excluding carboxylic acids is 1. The molecule has 0 aliphatic rings. The van der Waals surface area contributed by atoms with Gasteiger partial charge in [0.2, 0.25) is 5.91 Å². The topological polar surface area (TPSA) is 49.3 Å². The summed E-state index contributed by atoms with van der Waals surface area (Å²) in [7, 11) is 0. The monoisotopic (exact) mass is 251 g/mol. The predicted molar refractivity (Wildman–Crippen MR) is 64.7 cm³/mol. The number of amides is 1. The highest BCUT2D eigenvalue weighted by molar-refractivity contribution is 7.10. The van der Waals surface area contributed by atoms with Crippen molar-refractivity contribution in [3.63, 3.8) is 0 Å². The quantitative estimate of drug-likeness (QED) is 0.824. The van der Waals surface area contributed by atoms with Gasteiger partial charge in [-0.1, -0.05) is 6.07 Å². The SMILES string of the molecule is O=C(Cc1cccs1)Nc1ccc(O)c(F)c1. The minimum absolute atomic E-state index is 0.211.